The molecule has 132 valence electrons. The van der Waals surface area contributed by atoms with Crippen LogP contribution in [-0.4, -0.2) is 51.5 Å². The molecule has 3 amide bonds. The standard InChI is InChI=1S/C18H22N4O3/c1-4-10-21-12-15(23)22(18(21)24)16(17-19-9-11-20(17)2)13-7-5-6-8-14(13)25-3/h5-9,11,16H,4,10,12H2,1-3H3/t16-/m1/s1. The Bertz CT molecular complexity index is 786. The second-order valence-electron chi connectivity index (χ2n) is 6.01. The van der Waals surface area contributed by atoms with Gasteiger partial charge in [0.25, 0.3) is 5.91 Å². The van der Waals surface area contributed by atoms with Crippen molar-refractivity contribution in [1.29, 1.82) is 0 Å². The van der Waals surface area contributed by atoms with Crippen LogP contribution >= 0.6 is 0 Å². The highest BCUT2D eigenvalue weighted by molar-refractivity contribution is 6.02. The molecule has 2 heterocycles. The second-order valence-corrected chi connectivity index (χ2v) is 6.01. The number of para-hydroxylation sites is 1. The molecule has 0 N–H and O–H groups in total. The topological polar surface area (TPSA) is 67.7 Å². The monoisotopic (exact) mass is 342 g/mol. The van der Waals surface area contributed by atoms with E-state index in [1.807, 2.05) is 42.8 Å². The summed E-state index contributed by atoms with van der Waals surface area (Å²) >= 11 is 0. The molecule has 0 aliphatic carbocycles. The molecule has 0 bridgehead atoms. The van der Waals surface area contributed by atoms with E-state index in [2.05, 4.69) is 4.98 Å². The van der Waals surface area contributed by atoms with Crippen LogP contribution in [-0.2, 0) is 11.8 Å². The van der Waals surface area contributed by atoms with Crippen molar-refractivity contribution in [3.05, 3.63) is 48.0 Å². The first-order valence-corrected chi connectivity index (χ1v) is 8.29. The van der Waals surface area contributed by atoms with Gasteiger partial charge in [-0.15, -0.1) is 0 Å². The van der Waals surface area contributed by atoms with Gasteiger partial charge in [0, 0.05) is 31.5 Å². The summed E-state index contributed by atoms with van der Waals surface area (Å²) in [7, 11) is 3.42. The van der Waals surface area contributed by atoms with Crippen LogP contribution in [0.15, 0.2) is 36.7 Å². The molecule has 7 nitrogen and oxygen atoms in total. The lowest BCUT2D eigenvalue weighted by atomic mass is 10.0. The van der Waals surface area contributed by atoms with E-state index in [4.69, 9.17) is 4.74 Å². The quantitative estimate of drug-likeness (QED) is 0.755. The van der Waals surface area contributed by atoms with E-state index in [0.717, 1.165) is 12.0 Å². The molecule has 0 unspecified atom stereocenters. The number of methoxy groups -OCH3 is 1. The Balaban J connectivity index is 2.11. The number of imide groups is 1. The van der Waals surface area contributed by atoms with Gasteiger partial charge in [-0.05, 0) is 12.5 Å². The zero-order valence-electron chi connectivity index (χ0n) is 14.7. The van der Waals surface area contributed by atoms with Crippen molar-refractivity contribution in [2.24, 2.45) is 7.05 Å². The maximum atomic E-state index is 12.9. The molecule has 1 aliphatic rings. The van der Waals surface area contributed by atoms with Gasteiger partial charge in [-0.25, -0.2) is 14.7 Å². The van der Waals surface area contributed by atoms with Gasteiger partial charge in [0.05, 0.1) is 7.11 Å². The Labute approximate surface area is 146 Å². The number of nitrogens with zero attached hydrogens (tertiary/aromatic N) is 4. The number of imidazole rings is 1. The predicted octanol–water partition coefficient (Wildman–Crippen LogP) is 2.19. The maximum Gasteiger partial charge on any atom is 0.328 e. The number of aryl methyl sites for hydroxylation is 1. The van der Waals surface area contributed by atoms with Gasteiger partial charge < -0.3 is 14.2 Å². The van der Waals surface area contributed by atoms with Crippen LogP contribution in [0, 0.1) is 0 Å². The molecule has 7 heteroatoms. The summed E-state index contributed by atoms with van der Waals surface area (Å²) in [6, 6.07) is 6.49. The average Bonchev–Trinajstić information content (AvgIpc) is 3.14. The second kappa shape index (κ2) is 6.96. The molecule has 1 atom stereocenters. The molecular formula is C18H22N4O3. The smallest absolute Gasteiger partial charge is 0.328 e. The Morgan fingerprint density at radius 2 is 2.04 bits per heavy atom. The summed E-state index contributed by atoms with van der Waals surface area (Å²) in [6.45, 7) is 2.64. The van der Waals surface area contributed by atoms with Crippen molar-refractivity contribution in [3.8, 4) is 5.75 Å². The number of carbonyl (C=O) groups is 2. The maximum absolute atomic E-state index is 12.9. The van der Waals surface area contributed by atoms with Gasteiger partial charge in [0.15, 0.2) is 0 Å². The number of amides is 3. The summed E-state index contributed by atoms with van der Waals surface area (Å²) in [5, 5.41) is 0. The molecule has 1 aliphatic heterocycles. The minimum absolute atomic E-state index is 0.0999. The molecule has 3 rings (SSSR count). The van der Waals surface area contributed by atoms with E-state index in [1.165, 1.54) is 4.90 Å². The summed E-state index contributed by atoms with van der Waals surface area (Å²) in [5.41, 5.74) is 0.736. The predicted molar refractivity (Wildman–Crippen MR) is 92.2 cm³/mol. The fraction of sp³-hybridized carbons (Fsp3) is 0.389. The van der Waals surface area contributed by atoms with Crippen molar-refractivity contribution in [2.75, 3.05) is 20.2 Å². The van der Waals surface area contributed by atoms with E-state index in [9.17, 15) is 9.59 Å². The van der Waals surface area contributed by atoms with Gasteiger partial charge in [-0.2, -0.15) is 0 Å². The molecule has 2 aromatic rings. The van der Waals surface area contributed by atoms with Crippen molar-refractivity contribution in [1.82, 2.24) is 19.4 Å². The molecular weight excluding hydrogens is 320 g/mol. The number of hydrogen-bond donors (Lipinski definition) is 0. The molecule has 1 fully saturated rings. The van der Waals surface area contributed by atoms with E-state index in [-0.39, 0.29) is 18.5 Å². The first-order valence-electron chi connectivity index (χ1n) is 8.29. The highest BCUT2D eigenvalue weighted by atomic mass is 16.5. The number of aromatic nitrogens is 2. The molecule has 1 saturated heterocycles. The van der Waals surface area contributed by atoms with E-state index >= 15 is 0 Å². The highest BCUT2D eigenvalue weighted by Crippen LogP contribution is 2.36. The van der Waals surface area contributed by atoms with Gasteiger partial charge in [0.2, 0.25) is 0 Å². The number of rotatable bonds is 6. The summed E-state index contributed by atoms with van der Waals surface area (Å²) < 4.78 is 7.29. The van der Waals surface area contributed by atoms with Crippen LogP contribution in [0.25, 0.3) is 0 Å². The third-order valence-electron chi connectivity index (χ3n) is 4.36. The van der Waals surface area contributed by atoms with E-state index in [0.29, 0.717) is 18.1 Å². The third-order valence-corrected chi connectivity index (χ3v) is 4.36. The van der Waals surface area contributed by atoms with Crippen LogP contribution in [0.2, 0.25) is 0 Å². The molecule has 0 spiro atoms. The molecule has 25 heavy (non-hydrogen) atoms. The summed E-state index contributed by atoms with van der Waals surface area (Å²) in [4.78, 5) is 32.8. The lowest BCUT2D eigenvalue weighted by Gasteiger charge is -2.27. The van der Waals surface area contributed by atoms with Crippen LogP contribution in [0.5, 0.6) is 5.75 Å². The Kier molecular flexibility index (Phi) is 4.74. The molecule has 0 radical (unpaired) electrons. The fourth-order valence-electron chi connectivity index (χ4n) is 3.19. The van der Waals surface area contributed by atoms with E-state index in [1.54, 1.807) is 24.4 Å². The summed E-state index contributed by atoms with van der Waals surface area (Å²) in [6.07, 6.45) is 4.26. The SMILES string of the molecule is CCCN1CC(=O)N([C@H](c2ccccc2OC)c2nccn2C)C1=O. The molecule has 0 saturated carbocycles. The van der Waals surface area contributed by atoms with E-state index < -0.39 is 6.04 Å². The zero-order valence-corrected chi connectivity index (χ0v) is 14.7. The van der Waals surface area contributed by atoms with Crippen molar-refractivity contribution < 1.29 is 14.3 Å². The fourth-order valence-corrected chi connectivity index (χ4v) is 3.19. The van der Waals surface area contributed by atoms with Gasteiger partial charge in [0.1, 0.15) is 24.2 Å². The Hall–Kier alpha value is -2.83. The minimum Gasteiger partial charge on any atom is -0.496 e. The van der Waals surface area contributed by atoms with Crippen LogP contribution < -0.4 is 4.74 Å². The summed E-state index contributed by atoms with van der Waals surface area (Å²) in [5.74, 6) is 1.01. The number of benzene rings is 1. The Morgan fingerprint density at radius 3 is 2.68 bits per heavy atom. The van der Waals surface area contributed by atoms with Gasteiger partial charge in [-0.3, -0.25) is 4.79 Å². The van der Waals surface area contributed by atoms with Crippen molar-refractivity contribution in [2.45, 2.75) is 19.4 Å². The molecule has 1 aromatic carbocycles. The van der Waals surface area contributed by atoms with Crippen LogP contribution in [0.3, 0.4) is 0 Å². The number of hydrogen-bond acceptors (Lipinski definition) is 4. The van der Waals surface area contributed by atoms with Crippen molar-refractivity contribution >= 4 is 11.9 Å². The van der Waals surface area contributed by atoms with Gasteiger partial charge in [-0.1, -0.05) is 25.1 Å². The number of urea groups is 1. The van der Waals surface area contributed by atoms with Crippen LogP contribution in [0.1, 0.15) is 30.8 Å². The highest BCUT2D eigenvalue weighted by Gasteiger charge is 2.43. The largest absolute Gasteiger partial charge is 0.496 e. The minimum atomic E-state index is -0.627. The normalized spacial score (nSPS) is 15.8. The first kappa shape index (κ1) is 17.0. The van der Waals surface area contributed by atoms with Crippen LogP contribution in [0.4, 0.5) is 4.79 Å². The lowest BCUT2D eigenvalue weighted by Crippen LogP contribution is -2.38. The first-order chi connectivity index (χ1) is 12.1. The van der Waals surface area contributed by atoms with Crippen molar-refractivity contribution in [3.63, 3.8) is 0 Å². The number of ether oxygens (including phenoxy) is 1. The Morgan fingerprint density at radius 1 is 1.28 bits per heavy atom. The third kappa shape index (κ3) is 2.97. The average molecular weight is 342 g/mol. The number of carbonyl (C=O) groups excluding carboxylic acids is 2. The molecule has 1 aromatic heterocycles. The lowest BCUT2D eigenvalue weighted by molar-refractivity contribution is -0.126. The van der Waals surface area contributed by atoms with Gasteiger partial charge >= 0.3 is 6.03 Å². The zero-order chi connectivity index (χ0) is 18.0.